The molecule has 3 N–H and O–H groups in total. The Morgan fingerprint density at radius 3 is 3.00 bits per heavy atom. The van der Waals surface area contributed by atoms with Crippen molar-refractivity contribution in [3.63, 3.8) is 0 Å². The van der Waals surface area contributed by atoms with E-state index in [0.717, 1.165) is 49.5 Å². The zero-order valence-corrected chi connectivity index (χ0v) is 10.9. The molecule has 0 aliphatic carbocycles. The Morgan fingerprint density at radius 2 is 2.21 bits per heavy atom. The van der Waals surface area contributed by atoms with Gasteiger partial charge in [0, 0.05) is 25.8 Å². The number of anilines is 2. The third-order valence-electron chi connectivity index (χ3n) is 3.21. The predicted molar refractivity (Wildman–Crippen MR) is 73.3 cm³/mol. The quantitative estimate of drug-likeness (QED) is 0.771. The number of fused-ring (bicyclic) bond motifs is 1. The third-order valence-corrected chi connectivity index (χ3v) is 3.21. The average molecular weight is 262 g/mol. The van der Waals surface area contributed by atoms with Crippen LogP contribution in [-0.2, 0) is 4.74 Å². The van der Waals surface area contributed by atoms with Crippen LogP contribution in [0.1, 0.15) is 19.8 Å². The minimum atomic E-state index is 0.399. The lowest BCUT2D eigenvalue weighted by Crippen LogP contribution is -2.28. The van der Waals surface area contributed by atoms with E-state index in [9.17, 15) is 0 Å². The summed E-state index contributed by atoms with van der Waals surface area (Å²) in [5.74, 6) is 1.45. The number of aromatic nitrogens is 4. The molecule has 0 radical (unpaired) electrons. The Kier molecular flexibility index (Phi) is 3.45. The van der Waals surface area contributed by atoms with Crippen LogP contribution >= 0.6 is 0 Å². The molecule has 19 heavy (non-hydrogen) atoms. The van der Waals surface area contributed by atoms with Crippen molar-refractivity contribution in [3.8, 4) is 0 Å². The van der Waals surface area contributed by atoms with Crippen molar-refractivity contribution in [1.82, 2.24) is 20.2 Å². The van der Waals surface area contributed by atoms with Gasteiger partial charge < -0.3 is 15.4 Å². The van der Waals surface area contributed by atoms with Gasteiger partial charge in [-0.2, -0.15) is 15.1 Å². The van der Waals surface area contributed by atoms with Crippen LogP contribution in [0.3, 0.4) is 0 Å². The van der Waals surface area contributed by atoms with E-state index in [-0.39, 0.29) is 0 Å². The second-order valence-corrected chi connectivity index (χ2v) is 4.59. The van der Waals surface area contributed by atoms with Crippen LogP contribution in [0, 0.1) is 0 Å². The summed E-state index contributed by atoms with van der Waals surface area (Å²) in [5, 5.41) is 14.5. The highest BCUT2D eigenvalue weighted by molar-refractivity contribution is 5.87. The standard InChI is InChI=1S/C12H18N6O/c1-2-13-12-16-10(9-7-14-18-11(9)17-12)15-8-3-5-19-6-4-8/h7-8H,2-6H2,1H3,(H3,13,14,15,16,17,18). The molecule has 7 nitrogen and oxygen atoms in total. The smallest absolute Gasteiger partial charge is 0.226 e. The molecule has 0 atom stereocenters. The lowest BCUT2D eigenvalue weighted by molar-refractivity contribution is 0.0904. The number of ether oxygens (including phenoxy) is 1. The van der Waals surface area contributed by atoms with Gasteiger partial charge in [0.2, 0.25) is 5.95 Å². The van der Waals surface area contributed by atoms with E-state index >= 15 is 0 Å². The van der Waals surface area contributed by atoms with Crippen LogP contribution in [0.4, 0.5) is 11.8 Å². The Balaban J connectivity index is 1.88. The topological polar surface area (TPSA) is 87.8 Å². The van der Waals surface area contributed by atoms with Crippen LogP contribution in [0.2, 0.25) is 0 Å². The molecule has 1 aliphatic rings. The number of H-pyrrole nitrogens is 1. The lowest BCUT2D eigenvalue weighted by atomic mass is 10.1. The van der Waals surface area contributed by atoms with Crippen molar-refractivity contribution in [2.24, 2.45) is 0 Å². The van der Waals surface area contributed by atoms with Crippen molar-refractivity contribution >= 4 is 22.8 Å². The Morgan fingerprint density at radius 1 is 1.37 bits per heavy atom. The van der Waals surface area contributed by atoms with Crippen LogP contribution in [0.5, 0.6) is 0 Å². The maximum atomic E-state index is 5.37. The van der Waals surface area contributed by atoms with Crippen molar-refractivity contribution in [2.75, 3.05) is 30.4 Å². The first-order valence-electron chi connectivity index (χ1n) is 6.66. The van der Waals surface area contributed by atoms with E-state index in [2.05, 4.69) is 30.8 Å². The molecule has 0 bridgehead atoms. The van der Waals surface area contributed by atoms with Crippen LogP contribution < -0.4 is 10.6 Å². The van der Waals surface area contributed by atoms with Crippen molar-refractivity contribution in [2.45, 2.75) is 25.8 Å². The highest BCUT2D eigenvalue weighted by Gasteiger charge is 2.16. The number of hydrogen-bond acceptors (Lipinski definition) is 6. The second-order valence-electron chi connectivity index (χ2n) is 4.59. The molecule has 0 spiro atoms. The van der Waals surface area contributed by atoms with Gasteiger partial charge >= 0.3 is 0 Å². The molecule has 3 heterocycles. The van der Waals surface area contributed by atoms with E-state index in [0.29, 0.717) is 12.0 Å². The summed E-state index contributed by atoms with van der Waals surface area (Å²) in [6.45, 7) is 4.41. The number of nitrogens with one attached hydrogen (secondary N) is 3. The molecule has 2 aromatic rings. The Labute approximate surface area is 111 Å². The summed E-state index contributed by atoms with van der Waals surface area (Å²) in [6.07, 6.45) is 3.76. The molecule has 1 saturated heterocycles. The minimum Gasteiger partial charge on any atom is -0.381 e. The molecule has 3 rings (SSSR count). The van der Waals surface area contributed by atoms with Gasteiger partial charge in [-0.05, 0) is 19.8 Å². The summed E-state index contributed by atoms with van der Waals surface area (Å²) in [6, 6.07) is 0.399. The van der Waals surface area contributed by atoms with Gasteiger partial charge in [-0.25, -0.2) is 0 Å². The van der Waals surface area contributed by atoms with Gasteiger partial charge in [-0.1, -0.05) is 0 Å². The first-order valence-corrected chi connectivity index (χ1v) is 6.66. The summed E-state index contributed by atoms with van der Waals surface area (Å²) < 4.78 is 5.37. The van der Waals surface area contributed by atoms with E-state index in [4.69, 9.17) is 4.74 Å². The molecule has 2 aromatic heterocycles. The fourth-order valence-electron chi connectivity index (χ4n) is 2.22. The van der Waals surface area contributed by atoms with Gasteiger partial charge in [0.1, 0.15) is 5.82 Å². The maximum absolute atomic E-state index is 5.37. The normalized spacial score (nSPS) is 16.7. The number of rotatable bonds is 4. The number of aromatic amines is 1. The minimum absolute atomic E-state index is 0.399. The SMILES string of the molecule is CCNc1nc(NC2CCOCC2)c2cn[nH]c2n1. The van der Waals surface area contributed by atoms with E-state index in [1.165, 1.54) is 0 Å². The second kappa shape index (κ2) is 5.40. The summed E-state index contributed by atoms with van der Waals surface area (Å²) in [5.41, 5.74) is 0.750. The lowest BCUT2D eigenvalue weighted by Gasteiger charge is -2.23. The van der Waals surface area contributed by atoms with Gasteiger partial charge in [0.25, 0.3) is 0 Å². The fraction of sp³-hybridized carbons (Fsp3) is 0.583. The number of nitrogens with zero attached hydrogens (tertiary/aromatic N) is 3. The van der Waals surface area contributed by atoms with Crippen LogP contribution in [0.15, 0.2) is 6.20 Å². The molecule has 1 fully saturated rings. The fourth-order valence-corrected chi connectivity index (χ4v) is 2.22. The van der Waals surface area contributed by atoms with Crippen molar-refractivity contribution in [3.05, 3.63) is 6.20 Å². The molecule has 0 amide bonds. The highest BCUT2D eigenvalue weighted by atomic mass is 16.5. The summed E-state index contributed by atoms with van der Waals surface area (Å²) >= 11 is 0. The zero-order chi connectivity index (χ0) is 13.1. The average Bonchev–Trinajstić information content (AvgIpc) is 2.89. The monoisotopic (exact) mass is 262 g/mol. The maximum Gasteiger partial charge on any atom is 0.226 e. The Hall–Kier alpha value is -1.89. The molecule has 0 unspecified atom stereocenters. The molecule has 102 valence electrons. The third kappa shape index (κ3) is 2.60. The van der Waals surface area contributed by atoms with Gasteiger partial charge in [-0.3, -0.25) is 5.10 Å². The highest BCUT2D eigenvalue weighted by Crippen LogP contribution is 2.22. The summed E-state index contributed by atoms with van der Waals surface area (Å²) in [7, 11) is 0. The van der Waals surface area contributed by atoms with Gasteiger partial charge in [0.15, 0.2) is 5.65 Å². The van der Waals surface area contributed by atoms with E-state index in [1.807, 2.05) is 6.92 Å². The molecule has 7 heteroatoms. The first-order chi connectivity index (χ1) is 9.36. The van der Waals surface area contributed by atoms with Crippen LogP contribution in [-0.4, -0.2) is 46.0 Å². The Bertz CT molecular complexity index is 548. The molecule has 0 aromatic carbocycles. The zero-order valence-electron chi connectivity index (χ0n) is 10.9. The van der Waals surface area contributed by atoms with E-state index in [1.54, 1.807) is 6.20 Å². The van der Waals surface area contributed by atoms with Crippen molar-refractivity contribution in [1.29, 1.82) is 0 Å². The molecular weight excluding hydrogens is 244 g/mol. The van der Waals surface area contributed by atoms with E-state index < -0.39 is 0 Å². The van der Waals surface area contributed by atoms with Crippen LogP contribution in [0.25, 0.3) is 11.0 Å². The molecular formula is C12H18N6O. The first kappa shape index (κ1) is 12.2. The number of hydrogen-bond donors (Lipinski definition) is 3. The van der Waals surface area contributed by atoms with Gasteiger partial charge in [-0.15, -0.1) is 0 Å². The van der Waals surface area contributed by atoms with Crippen molar-refractivity contribution < 1.29 is 4.74 Å². The molecule has 0 saturated carbocycles. The predicted octanol–water partition coefficient (Wildman–Crippen LogP) is 1.38. The van der Waals surface area contributed by atoms with Gasteiger partial charge in [0.05, 0.1) is 11.6 Å². The molecule has 1 aliphatic heterocycles. The largest absolute Gasteiger partial charge is 0.381 e. The summed E-state index contributed by atoms with van der Waals surface area (Å²) in [4.78, 5) is 8.90.